The van der Waals surface area contributed by atoms with Crippen molar-refractivity contribution in [2.75, 3.05) is 6.54 Å². The van der Waals surface area contributed by atoms with Crippen LogP contribution >= 0.6 is 0 Å². The minimum absolute atomic E-state index is 0.0448. The molecule has 6 nitrogen and oxygen atoms in total. The van der Waals surface area contributed by atoms with Crippen molar-refractivity contribution in [1.82, 2.24) is 19.9 Å². The van der Waals surface area contributed by atoms with Crippen LogP contribution in [-0.2, 0) is 0 Å². The quantitative estimate of drug-likeness (QED) is 0.926. The van der Waals surface area contributed by atoms with Crippen molar-refractivity contribution < 1.29 is 4.79 Å². The summed E-state index contributed by atoms with van der Waals surface area (Å²) in [6.45, 7) is 4.59. The average Bonchev–Trinajstić information content (AvgIpc) is 2.60. The van der Waals surface area contributed by atoms with Gasteiger partial charge in [0.25, 0.3) is 5.91 Å². The number of carbonyl (C=O) groups is 1. The number of fused-ring (bicyclic) bond motifs is 2. The van der Waals surface area contributed by atoms with Gasteiger partial charge in [-0.05, 0) is 49.8 Å². The molecule has 2 aromatic rings. The lowest BCUT2D eigenvalue weighted by Gasteiger charge is -2.57. The summed E-state index contributed by atoms with van der Waals surface area (Å²) in [4.78, 5) is 28.6. The van der Waals surface area contributed by atoms with Crippen molar-refractivity contribution in [2.45, 2.75) is 38.8 Å². The second-order valence-electron chi connectivity index (χ2n) is 7.18. The topological polar surface area (TPSA) is 85.0 Å². The number of piperidine rings is 2. The van der Waals surface area contributed by atoms with Gasteiger partial charge >= 0.3 is 0 Å². The van der Waals surface area contributed by atoms with Crippen molar-refractivity contribution in [3.63, 3.8) is 0 Å². The van der Waals surface area contributed by atoms with E-state index in [1.807, 2.05) is 24.0 Å². The first-order valence-electron chi connectivity index (χ1n) is 8.88. The third-order valence-corrected chi connectivity index (χ3v) is 5.77. The summed E-state index contributed by atoms with van der Waals surface area (Å²) in [5.41, 5.74) is 7.95. The van der Waals surface area contributed by atoms with E-state index in [0.717, 1.165) is 18.5 Å². The highest BCUT2D eigenvalue weighted by Crippen LogP contribution is 2.46. The molecule has 0 aromatic carbocycles. The monoisotopic (exact) mass is 337 g/mol. The molecule has 1 saturated carbocycles. The molecule has 0 spiro atoms. The molecule has 1 unspecified atom stereocenters. The van der Waals surface area contributed by atoms with E-state index >= 15 is 0 Å². The molecule has 2 aromatic heterocycles. The molecule has 6 heteroatoms. The standard InChI is InChI=1S/C19H23N5O/c1-11-4-5-15(18-21-6-3-7-22-18)17(23-11)19(25)24-14-8-13(9-14)12(2)16(24)10-20/h3-7,12-14,16H,8-10,20H2,1-2H3/t12-,13?,14?,16?/m1/s1. The molecule has 0 radical (unpaired) electrons. The van der Waals surface area contributed by atoms with Gasteiger partial charge in [-0.15, -0.1) is 0 Å². The summed E-state index contributed by atoms with van der Waals surface area (Å²) in [7, 11) is 0. The molecule has 2 bridgehead atoms. The van der Waals surface area contributed by atoms with E-state index < -0.39 is 0 Å². The SMILES string of the molecule is Cc1ccc(-c2ncccn2)c(C(=O)N2C3CC(C3)[C@@H](C)C2CN)n1. The van der Waals surface area contributed by atoms with Crippen LogP contribution < -0.4 is 5.73 Å². The number of hydrogen-bond acceptors (Lipinski definition) is 5. The smallest absolute Gasteiger partial charge is 0.273 e. The van der Waals surface area contributed by atoms with Gasteiger partial charge in [-0.2, -0.15) is 0 Å². The molecule has 4 heterocycles. The van der Waals surface area contributed by atoms with Crippen molar-refractivity contribution >= 4 is 5.91 Å². The fourth-order valence-electron chi connectivity index (χ4n) is 4.23. The Balaban J connectivity index is 1.76. The lowest BCUT2D eigenvalue weighted by atomic mass is 9.64. The van der Waals surface area contributed by atoms with E-state index in [-0.39, 0.29) is 18.0 Å². The number of hydrogen-bond donors (Lipinski definition) is 1. The number of pyridine rings is 1. The Morgan fingerprint density at radius 3 is 2.68 bits per heavy atom. The highest BCUT2D eigenvalue weighted by atomic mass is 16.2. The van der Waals surface area contributed by atoms with Crippen LogP contribution in [0, 0.1) is 18.8 Å². The maximum Gasteiger partial charge on any atom is 0.273 e. The fourth-order valence-corrected chi connectivity index (χ4v) is 4.23. The van der Waals surface area contributed by atoms with Gasteiger partial charge in [0.15, 0.2) is 5.82 Å². The van der Waals surface area contributed by atoms with Crippen molar-refractivity contribution in [3.05, 3.63) is 42.0 Å². The minimum Gasteiger partial charge on any atom is -0.330 e. The van der Waals surface area contributed by atoms with Crippen molar-refractivity contribution in [2.24, 2.45) is 17.6 Å². The summed E-state index contributed by atoms with van der Waals surface area (Å²) >= 11 is 0. The van der Waals surface area contributed by atoms with Gasteiger partial charge in [-0.25, -0.2) is 15.0 Å². The van der Waals surface area contributed by atoms with Gasteiger partial charge < -0.3 is 10.6 Å². The number of aryl methyl sites for hydroxylation is 1. The van der Waals surface area contributed by atoms with Crippen LogP contribution in [0.5, 0.6) is 0 Å². The van der Waals surface area contributed by atoms with Gasteiger partial charge in [0.2, 0.25) is 0 Å². The van der Waals surface area contributed by atoms with Crippen LogP contribution in [0.25, 0.3) is 11.4 Å². The molecular weight excluding hydrogens is 314 g/mol. The third kappa shape index (κ3) is 2.61. The number of amides is 1. The van der Waals surface area contributed by atoms with E-state index in [1.165, 1.54) is 0 Å². The Bertz CT molecular complexity index is 788. The molecule has 130 valence electrons. The van der Waals surface area contributed by atoms with Crippen LogP contribution in [0.2, 0.25) is 0 Å². The van der Waals surface area contributed by atoms with E-state index in [4.69, 9.17) is 5.73 Å². The van der Waals surface area contributed by atoms with Crippen molar-refractivity contribution in [3.8, 4) is 11.4 Å². The molecule has 2 saturated heterocycles. The molecule has 1 amide bonds. The van der Waals surface area contributed by atoms with Crippen LogP contribution in [0.1, 0.15) is 35.9 Å². The van der Waals surface area contributed by atoms with Crippen LogP contribution in [0.3, 0.4) is 0 Å². The molecule has 3 fully saturated rings. The zero-order valence-corrected chi connectivity index (χ0v) is 14.6. The summed E-state index contributed by atoms with van der Waals surface area (Å²) in [6.07, 6.45) is 5.51. The zero-order valence-electron chi connectivity index (χ0n) is 14.6. The zero-order chi connectivity index (χ0) is 17.6. The molecule has 25 heavy (non-hydrogen) atoms. The lowest BCUT2D eigenvalue weighted by Crippen LogP contribution is -2.65. The second kappa shape index (κ2) is 6.19. The Labute approximate surface area is 147 Å². The minimum atomic E-state index is -0.0448. The normalized spacial score (nSPS) is 27.7. The third-order valence-electron chi connectivity index (χ3n) is 5.77. The predicted molar refractivity (Wildman–Crippen MR) is 94.7 cm³/mol. The summed E-state index contributed by atoms with van der Waals surface area (Å²) < 4.78 is 0. The molecule has 5 rings (SSSR count). The van der Waals surface area contributed by atoms with E-state index in [9.17, 15) is 4.79 Å². The van der Waals surface area contributed by atoms with Gasteiger partial charge in [0.05, 0.1) is 5.56 Å². The van der Waals surface area contributed by atoms with Crippen LogP contribution in [0.15, 0.2) is 30.6 Å². The Hall–Kier alpha value is -2.34. The summed E-state index contributed by atoms with van der Waals surface area (Å²) in [6, 6.07) is 5.91. The summed E-state index contributed by atoms with van der Waals surface area (Å²) in [5.74, 6) is 1.61. The molecule has 2 aliphatic heterocycles. The average molecular weight is 337 g/mol. The first-order valence-corrected chi connectivity index (χ1v) is 8.88. The van der Waals surface area contributed by atoms with E-state index in [1.54, 1.807) is 18.5 Å². The molecule has 1 aliphatic carbocycles. The number of carbonyl (C=O) groups excluding carboxylic acids is 1. The second-order valence-corrected chi connectivity index (χ2v) is 7.18. The first-order chi connectivity index (χ1) is 12.1. The fraction of sp³-hybridized carbons (Fsp3) is 0.474. The van der Waals surface area contributed by atoms with E-state index in [2.05, 4.69) is 21.9 Å². The number of nitrogens with two attached hydrogens (primary N) is 1. The van der Waals surface area contributed by atoms with Gasteiger partial charge in [-0.1, -0.05) is 6.92 Å². The maximum atomic E-state index is 13.4. The maximum absolute atomic E-state index is 13.4. The predicted octanol–water partition coefficient (Wildman–Crippen LogP) is 2.04. The molecule has 2 N–H and O–H groups in total. The first kappa shape index (κ1) is 16.1. The highest BCUT2D eigenvalue weighted by molar-refractivity contribution is 5.98. The largest absolute Gasteiger partial charge is 0.330 e. The Morgan fingerprint density at radius 1 is 1.28 bits per heavy atom. The number of aromatic nitrogens is 3. The van der Waals surface area contributed by atoms with Gasteiger partial charge in [0, 0.05) is 36.7 Å². The van der Waals surface area contributed by atoms with Gasteiger partial charge in [0.1, 0.15) is 5.69 Å². The molecule has 2 atom stereocenters. The van der Waals surface area contributed by atoms with Crippen LogP contribution in [-0.4, -0.2) is 44.4 Å². The highest BCUT2D eigenvalue weighted by Gasteiger charge is 2.50. The Kier molecular flexibility index (Phi) is 4.00. The van der Waals surface area contributed by atoms with Crippen LogP contribution in [0.4, 0.5) is 0 Å². The Morgan fingerprint density at radius 2 is 2.00 bits per heavy atom. The van der Waals surface area contributed by atoms with E-state index in [0.29, 0.717) is 35.5 Å². The number of nitrogens with zero attached hydrogens (tertiary/aromatic N) is 4. The lowest BCUT2D eigenvalue weighted by molar-refractivity contribution is -0.0517. The van der Waals surface area contributed by atoms with Gasteiger partial charge in [-0.3, -0.25) is 4.79 Å². The summed E-state index contributed by atoms with van der Waals surface area (Å²) in [5, 5.41) is 0. The molecular formula is C19H23N5O. The number of rotatable bonds is 3. The molecule has 3 aliphatic rings. The van der Waals surface area contributed by atoms with Crippen molar-refractivity contribution in [1.29, 1.82) is 0 Å².